The summed E-state index contributed by atoms with van der Waals surface area (Å²) in [7, 11) is 1.66. The van der Waals surface area contributed by atoms with Crippen LogP contribution in [0.5, 0.6) is 11.5 Å². The first-order chi connectivity index (χ1) is 18.1. The number of para-hydroxylation sites is 2. The molecule has 0 unspecified atom stereocenters. The van der Waals surface area contributed by atoms with E-state index in [1.165, 1.54) is 5.56 Å². The van der Waals surface area contributed by atoms with Crippen LogP contribution in [0, 0.1) is 6.92 Å². The SMILES string of the molecule is CCN(CC)CCOc1ccc(Nc2ncc(-c3cccc(C)c3)c(Nc3ccccc3OC)n2)cc1. The Hall–Kier alpha value is -4.10. The maximum Gasteiger partial charge on any atom is 0.229 e. The summed E-state index contributed by atoms with van der Waals surface area (Å²) in [6.07, 6.45) is 1.84. The molecular weight excluding hydrogens is 462 g/mol. The number of likely N-dealkylation sites (N-methyl/N-ethyl adjacent to an activating group) is 1. The lowest BCUT2D eigenvalue weighted by molar-refractivity contribution is 0.223. The van der Waals surface area contributed by atoms with Gasteiger partial charge in [0.25, 0.3) is 0 Å². The van der Waals surface area contributed by atoms with E-state index in [2.05, 4.69) is 59.5 Å². The van der Waals surface area contributed by atoms with Gasteiger partial charge in [0, 0.05) is 24.0 Å². The van der Waals surface area contributed by atoms with Crippen molar-refractivity contribution in [3.05, 3.63) is 84.6 Å². The van der Waals surface area contributed by atoms with E-state index in [9.17, 15) is 0 Å². The lowest BCUT2D eigenvalue weighted by atomic mass is 10.1. The highest BCUT2D eigenvalue weighted by Crippen LogP contribution is 2.33. The molecule has 4 aromatic rings. The fraction of sp³-hybridized carbons (Fsp3) is 0.267. The number of aromatic nitrogens is 2. The number of hydrogen-bond acceptors (Lipinski definition) is 7. The van der Waals surface area contributed by atoms with Gasteiger partial charge in [0.15, 0.2) is 0 Å². The third kappa shape index (κ3) is 6.98. The standard InChI is InChI=1S/C30H35N5O2/c1-5-35(6-2)18-19-37-25-16-14-24(15-17-25)32-30-31-21-26(23-11-9-10-22(3)20-23)29(34-30)33-27-12-7-8-13-28(27)36-4/h7-17,20-21H,5-6,18-19H2,1-4H3,(H2,31,32,33,34). The molecule has 1 heterocycles. The number of nitrogens with zero attached hydrogens (tertiary/aromatic N) is 3. The molecule has 0 atom stereocenters. The molecule has 192 valence electrons. The highest BCUT2D eigenvalue weighted by atomic mass is 16.5. The largest absolute Gasteiger partial charge is 0.495 e. The van der Waals surface area contributed by atoms with Gasteiger partial charge < -0.3 is 25.0 Å². The van der Waals surface area contributed by atoms with Gasteiger partial charge in [-0.2, -0.15) is 4.98 Å². The van der Waals surface area contributed by atoms with E-state index in [-0.39, 0.29) is 0 Å². The number of nitrogens with one attached hydrogen (secondary N) is 2. The van der Waals surface area contributed by atoms with Crippen molar-refractivity contribution in [2.75, 3.05) is 44.0 Å². The minimum absolute atomic E-state index is 0.490. The Balaban J connectivity index is 1.54. The second kappa shape index (κ2) is 12.7. The second-order valence-corrected chi connectivity index (χ2v) is 8.68. The van der Waals surface area contributed by atoms with Gasteiger partial charge in [0.2, 0.25) is 5.95 Å². The smallest absolute Gasteiger partial charge is 0.229 e. The molecule has 0 amide bonds. The first-order valence-electron chi connectivity index (χ1n) is 12.7. The van der Waals surface area contributed by atoms with Crippen LogP contribution in [0.4, 0.5) is 23.1 Å². The number of aryl methyl sites for hydroxylation is 1. The van der Waals surface area contributed by atoms with Crippen LogP contribution in [-0.2, 0) is 0 Å². The monoisotopic (exact) mass is 497 g/mol. The molecule has 4 rings (SSSR count). The van der Waals surface area contributed by atoms with Crippen molar-refractivity contribution in [3.8, 4) is 22.6 Å². The highest BCUT2D eigenvalue weighted by molar-refractivity contribution is 5.80. The molecular formula is C30H35N5O2. The Morgan fingerprint density at radius 3 is 2.41 bits per heavy atom. The Morgan fingerprint density at radius 1 is 0.892 bits per heavy atom. The van der Waals surface area contributed by atoms with E-state index in [4.69, 9.17) is 14.5 Å². The van der Waals surface area contributed by atoms with Gasteiger partial charge in [0.1, 0.15) is 23.9 Å². The number of methoxy groups -OCH3 is 1. The van der Waals surface area contributed by atoms with Gasteiger partial charge in [-0.1, -0.05) is 55.8 Å². The molecule has 0 aliphatic rings. The zero-order valence-corrected chi connectivity index (χ0v) is 22.0. The zero-order valence-electron chi connectivity index (χ0n) is 22.0. The van der Waals surface area contributed by atoms with Crippen LogP contribution in [0.15, 0.2) is 79.0 Å². The van der Waals surface area contributed by atoms with Crippen LogP contribution in [0.2, 0.25) is 0 Å². The summed E-state index contributed by atoms with van der Waals surface area (Å²) in [6.45, 7) is 10.0. The number of hydrogen-bond donors (Lipinski definition) is 2. The van der Waals surface area contributed by atoms with Gasteiger partial charge in [-0.15, -0.1) is 0 Å². The average molecular weight is 498 g/mol. The van der Waals surface area contributed by atoms with Crippen LogP contribution in [0.1, 0.15) is 19.4 Å². The molecule has 1 aromatic heterocycles. The highest BCUT2D eigenvalue weighted by Gasteiger charge is 2.13. The zero-order chi connectivity index (χ0) is 26.0. The van der Waals surface area contributed by atoms with Crippen molar-refractivity contribution in [2.24, 2.45) is 0 Å². The molecule has 37 heavy (non-hydrogen) atoms. The van der Waals surface area contributed by atoms with E-state index in [0.717, 1.165) is 53.6 Å². The second-order valence-electron chi connectivity index (χ2n) is 8.68. The lowest BCUT2D eigenvalue weighted by Crippen LogP contribution is -2.27. The van der Waals surface area contributed by atoms with Crippen LogP contribution in [0.25, 0.3) is 11.1 Å². The Labute approximate surface area is 219 Å². The number of benzene rings is 3. The van der Waals surface area contributed by atoms with Crippen molar-refractivity contribution >= 4 is 23.1 Å². The predicted octanol–water partition coefficient (Wildman–Crippen LogP) is 6.67. The lowest BCUT2D eigenvalue weighted by Gasteiger charge is -2.18. The topological polar surface area (TPSA) is 71.5 Å². The third-order valence-electron chi connectivity index (χ3n) is 6.16. The van der Waals surface area contributed by atoms with E-state index in [1.807, 2.05) is 60.8 Å². The Morgan fingerprint density at radius 2 is 1.68 bits per heavy atom. The third-order valence-corrected chi connectivity index (χ3v) is 6.16. The number of rotatable bonds is 12. The fourth-order valence-electron chi connectivity index (χ4n) is 4.03. The van der Waals surface area contributed by atoms with Gasteiger partial charge in [-0.25, -0.2) is 4.98 Å². The molecule has 7 nitrogen and oxygen atoms in total. The molecule has 0 aliphatic carbocycles. The summed E-state index contributed by atoms with van der Waals surface area (Å²) in [5, 5.41) is 6.76. The van der Waals surface area contributed by atoms with Crippen molar-refractivity contribution in [2.45, 2.75) is 20.8 Å². The normalized spacial score (nSPS) is 10.8. The van der Waals surface area contributed by atoms with E-state index < -0.39 is 0 Å². The molecule has 0 spiro atoms. The molecule has 0 saturated carbocycles. The summed E-state index contributed by atoms with van der Waals surface area (Å²) in [5.74, 6) is 2.75. The van der Waals surface area contributed by atoms with Gasteiger partial charge in [-0.3, -0.25) is 0 Å². The molecule has 0 bridgehead atoms. The first kappa shape index (κ1) is 26.0. The Bertz CT molecular complexity index is 1290. The minimum atomic E-state index is 0.490. The molecule has 0 fully saturated rings. The quantitative estimate of drug-likeness (QED) is 0.226. The van der Waals surface area contributed by atoms with Crippen LogP contribution < -0.4 is 20.1 Å². The van der Waals surface area contributed by atoms with Crippen molar-refractivity contribution in [1.82, 2.24) is 14.9 Å². The van der Waals surface area contributed by atoms with Gasteiger partial charge in [0.05, 0.1) is 12.8 Å². The summed E-state index contributed by atoms with van der Waals surface area (Å²) in [4.78, 5) is 11.8. The van der Waals surface area contributed by atoms with Crippen molar-refractivity contribution < 1.29 is 9.47 Å². The summed E-state index contributed by atoms with van der Waals surface area (Å²) in [6, 6.07) is 23.9. The molecule has 2 N–H and O–H groups in total. The minimum Gasteiger partial charge on any atom is -0.495 e. The maximum absolute atomic E-state index is 5.90. The van der Waals surface area contributed by atoms with E-state index >= 15 is 0 Å². The van der Waals surface area contributed by atoms with Crippen LogP contribution in [0.3, 0.4) is 0 Å². The summed E-state index contributed by atoms with van der Waals surface area (Å²) in [5.41, 5.74) is 4.81. The summed E-state index contributed by atoms with van der Waals surface area (Å²) >= 11 is 0. The summed E-state index contributed by atoms with van der Waals surface area (Å²) < 4.78 is 11.4. The molecule has 0 aliphatic heterocycles. The van der Waals surface area contributed by atoms with E-state index in [0.29, 0.717) is 18.4 Å². The number of anilines is 4. The average Bonchev–Trinajstić information content (AvgIpc) is 2.92. The van der Waals surface area contributed by atoms with Crippen molar-refractivity contribution in [1.29, 1.82) is 0 Å². The van der Waals surface area contributed by atoms with E-state index in [1.54, 1.807) is 7.11 Å². The fourth-order valence-corrected chi connectivity index (χ4v) is 4.03. The first-order valence-corrected chi connectivity index (χ1v) is 12.7. The molecule has 3 aromatic carbocycles. The molecule has 0 radical (unpaired) electrons. The van der Waals surface area contributed by atoms with Gasteiger partial charge >= 0.3 is 0 Å². The maximum atomic E-state index is 5.90. The van der Waals surface area contributed by atoms with Gasteiger partial charge in [-0.05, 0) is 62.0 Å². The molecule has 0 saturated heterocycles. The van der Waals surface area contributed by atoms with Crippen LogP contribution >= 0.6 is 0 Å². The number of ether oxygens (including phenoxy) is 2. The molecule has 7 heteroatoms. The Kier molecular flexibility index (Phi) is 8.94. The van der Waals surface area contributed by atoms with Crippen molar-refractivity contribution in [3.63, 3.8) is 0 Å². The van der Waals surface area contributed by atoms with Crippen LogP contribution in [-0.4, -0.2) is 48.2 Å². The predicted molar refractivity (Wildman–Crippen MR) is 151 cm³/mol.